The maximum atomic E-state index is 10.7. The summed E-state index contributed by atoms with van der Waals surface area (Å²) in [4.78, 5) is 0. The van der Waals surface area contributed by atoms with Gasteiger partial charge in [0.15, 0.2) is 0 Å². The second kappa shape index (κ2) is 5.45. The van der Waals surface area contributed by atoms with Crippen LogP contribution in [-0.2, 0) is 10.5 Å². The number of nitrogens with one attached hydrogen (secondary N) is 1. The normalized spacial score (nSPS) is 26.2. The molecule has 4 nitrogen and oxygen atoms in total. The number of ether oxygens (including phenoxy) is 2. The molecule has 1 atom stereocenters. The van der Waals surface area contributed by atoms with Gasteiger partial charge >= 0.3 is 0 Å². The van der Waals surface area contributed by atoms with E-state index in [9.17, 15) is 5.11 Å². The van der Waals surface area contributed by atoms with E-state index in [2.05, 4.69) is 5.32 Å². The molecule has 0 radical (unpaired) electrons. The van der Waals surface area contributed by atoms with Gasteiger partial charge < -0.3 is 19.9 Å². The first-order valence-electron chi connectivity index (χ1n) is 5.75. The van der Waals surface area contributed by atoms with Crippen LogP contribution in [0.2, 0.25) is 0 Å². The summed E-state index contributed by atoms with van der Waals surface area (Å²) in [6, 6.07) is 7.30. The van der Waals surface area contributed by atoms with Crippen molar-refractivity contribution in [3.05, 3.63) is 29.8 Å². The van der Waals surface area contributed by atoms with Gasteiger partial charge in [-0.25, -0.2) is 0 Å². The molecule has 0 aliphatic carbocycles. The van der Waals surface area contributed by atoms with E-state index in [-0.39, 0.29) is 12.4 Å². The molecule has 0 aromatic heterocycles. The Morgan fingerprint density at radius 3 is 2.39 bits per heavy atom. The molecule has 2 N–H and O–H groups in total. The van der Waals surface area contributed by atoms with Gasteiger partial charge in [-0.05, 0) is 38.1 Å². The SMILES string of the molecule is COc1ccc(C2(O)OCCNC2(C)C)cc1.Cl. The smallest absolute Gasteiger partial charge is 0.210 e. The predicted molar refractivity (Wildman–Crippen MR) is 72.2 cm³/mol. The topological polar surface area (TPSA) is 50.7 Å². The largest absolute Gasteiger partial charge is 0.497 e. The van der Waals surface area contributed by atoms with Crippen molar-refractivity contribution in [1.29, 1.82) is 0 Å². The lowest BCUT2D eigenvalue weighted by Crippen LogP contribution is -2.63. The first-order valence-corrected chi connectivity index (χ1v) is 5.75. The molecule has 102 valence electrons. The maximum Gasteiger partial charge on any atom is 0.210 e. The molecular weight excluding hydrogens is 254 g/mol. The summed E-state index contributed by atoms with van der Waals surface area (Å²) in [5.74, 6) is -0.545. The minimum absolute atomic E-state index is 0. The lowest BCUT2D eigenvalue weighted by Gasteiger charge is -2.46. The summed E-state index contributed by atoms with van der Waals surface area (Å²) >= 11 is 0. The zero-order valence-corrected chi connectivity index (χ0v) is 11.7. The Balaban J connectivity index is 0.00000162. The second-order valence-electron chi connectivity index (χ2n) is 4.77. The third kappa shape index (κ3) is 2.47. The van der Waals surface area contributed by atoms with Crippen molar-refractivity contribution in [1.82, 2.24) is 5.32 Å². The number of morpholine rings is 1. The Bertz CT molecular complexity index is 394. The minimum Gasteiger partial charge on any atom is -0.497 e. The van der Waals surface area contributed by atoms with Crippen molar-refractivity contribution < 1.29 is 14.6 Å². The number of benzene rings is 1. The summed E-state index contributed by atoms with van der Waals surface area (Å²) in [5, 5.41) is 14.0. The van der Waals surface area contributed by atoms with Crippen molar-refractivity contribution in [2.45, 2.75) is 25.2 Å². The van der Waals surface area contributed by atoms with Gasteiger partial charge in [0.25, 0.3) is 0 Å². The van der Waals surface area contributed by atoms with Crippen LogP contribution in [-0.4, -0.2) is 30.9 Å². The second-order valence-corrected chi connectivity index (χ2v) is 4.77. The van der Waals surface area contributed by atoms with Gasteiger partial charge in [-0.1, -0.05) is 0 Å². The zero-order chi connectivity index (χ0) is 12.5. The molecule has 1 aromatic carbocycles. The molecule has 1 aromatic rings. The quantitative estimate of drug-likeness (QED) is 0.861. The van der Waals surface area contributed by atoms with Crippen LogP contribution in [0.5, 0.6) is 5.75 Å². The Kier molecular flexibility index (Phi) is 4.61. The molecule has 2 rings (SSSR count). The lowest BCUT2D eigenvalue weighted by molar-refractivity contribution is -0.273. The standard InChI is InChI=1S/C13H19NO3.ClH/c1-12(2)13(15,17-9-8-14-12)10-4-6-11(16-3)7-5-10;/h4-7,14-15H,8-9H2,1-3H3;1H. The van der Waals surface area contributed by atoms with E-state index in [4.69, 9.17) is 9.47 Å². The number of methoxy groups -OCH3 is 1. The van der Waals surface area contributed by atoms with E-state index in [1.165, 1.54) is 0 Å². The van der Waals surface area contributed by atoms with Gasteiger partial charge in [-0.2, -0.15) is 0 Å². The highest BCUT2D eigenvalue weighted by atomic mass is 35.5. The molecule has 5 heteroatoms. The summed E-state index contributed by atoms with van der Waals surface area (Å²) in [7, 11) is 1.62. The van der Waals surface area contributed by atoms with E-state index in [1.807, 2.05) is 38.1 Å². The fraction of sp³-hybridized carbons (Fsp3) is 0.538. The highest BCUT2D eigenvalue weighted by Gasteiger charge is 2.48. The molecular formula is C13H20ClNO3. The number of hydrogen-bond donors (Lipinski definition) is 2. The average molecular weight is 274 g/mol. The Labute approximate surface area is 114 Å². The van der Waals surface area contributed by atoms with E-state index in [0.717, 1.165) is 17.9 Å². The summed E-state index contributed by atoms with van der Waals surface area (Å²) < 4.78 is 10.7. The highest BCUT2D eigenvalue weighted by Crippen LogP contribution is 2.36. The third-order valence-electron chi connectivity index (χ3n) is 3.31. The van der Waals surface area contributed by atoms with Crippen molar-refractivity contribution in [2.24, 2.45) is 0 Å². The van der Waals surface area contributed by atoms with Crippen LogP contribution in [0.25, 0.3) is 0 Å². The van der Waals surface area contributed by atoms with Crippen LogP contribution in [0, 0.1) is 0 Å². The van der Waals surface area contributed by atoms with Crippen LogP contribution in [0.1, 0.15) is 19.4 Å². The summed E-state index contributed by atoms with van der Waals surface area (Å²) in [6.07, 6.45) is 0. The number of hydrogen-bond acceptors (Lipinski definition) is 4. The molecule has 0 spiro atoms. The van der Waals surface area contributed by atoms with Crippen molar-refractivity contribution >= 4 is 12.4 Å². The first-order chi connectivity index (χ1) is 7.99. The van der Waals surface area contributed by atoms with Gasteiger partial charge in [0, 0.05) is 12.1 Å². The van der Waals surface area contributed by atoms with Gasteiger partial charge in [0.1, 0.15) is 5.75 Å². The summed E-state index contributed by atoms with van der Waals surface area (Å²) in [6.45, 7) is 5.09. The van der Waals surface area contributed by atoms with Gasteiger partial charge in [0.05, 0.1) is 19.3 Å². The Hall–Kier alpha value is -0.810. The number of rotatable bonds is 2. The van der Waals surface area contributed by atoms with Gasteiger partial charge in [-0.3, -0.25) is 0 Å². The molecule has 18 heavy (non-hydrogen) atoms. The van der Waals surface area contributed by atoms with Crippen molar-refractivity contribution in [3.8, 4) is 5.75 Å². The molecule has 0 amide bonds. The lowest BCUT2D eigenvalue weighted by atomic mass is 9.86. The van der Waals surface area contributed by atoms with Crippen molar-refractivity contribution in [2.75, 3.05) is 20.3 Å². The Morgan fingerprint density at radius 1 is 1.28 bits per heavy atom. The molecule has 1 fully saturated rings. The van der Waals surface area contributed by atoms with Crippen LogP contribution in [0.15, 0.2) is 24.3 Å². The third-order valence-corrected chi connectivity index (χ3v) is 3.31. The molecule has 1 heterocycles. The van der Waals surface area contributed by atoms with E-state index >= 15 is 0 Å². The van der Waals surface area contributed by atoms with E-state index < -0.39 is 11.3 Å². The monoisotopic (exact) mass is 273 g/mol. The fourth-order valence-corrected chi connectivity index (χ4v) is 2.12. The van der Waals surface area contributed by atoms with Crippen LogP contribution < -0.4 is 10.1 Å². The van der Waals surface area contributed by atoms with E-state index in [1.54, 1.807) is 7.11 Å². The molecule has 1 aliphatic rings. The molecule has 1 aliphatic heterocycles. The highest BCUT2D eigenvalue weighted by molar-refractivity contribution is 5.85. The average Bonchev–Trinajstić information content (AvgIpc) is 2.33. The first kappa shape index (κ1) is 15.2. The predicted octanol–water partition coefficient (Wildman–Crippen LogP) is 1.66. The number of aliphatic hydroxyl groups is 1. The zero-order valence-electron chi connectivity index (χ0n) is 10.9. The molecule has 1 saturated heterocycles. The minimum atomic E-state index is -1.31. The summed E-state index contributed by atoms with van der Waals surface area (Å²) in [5.41, 5.74) is 0.204. The van der Waals surface area contributed by atoms with Crippen LogP contribution >= 0.6 is 12.4 Å². The van der Waals surface area contributed by atoms with Gasteiger partial charge in [-0.15, -0.1) is 12.4 Å². The van der Waals surface area contributed by atoms with Gasteiger partial charge in [0.2, 0.25) is 5.79 Å². The van der Waals surface area contributed by atoms with Crippen LogP contribution in [0.4, 0.5) is 0 Å². The molecule has 0 bridgehead atoms. The molecule has 0 saturated carbocycles. The Morgan fingerprint density at radius 2 is 1.89 bits per heavy atom. The fourth-order valence-electron chi connectivity index (χ4n) is 2.12. The van der Waals surface area contributed by atoms with E-state index in [0.29, 0.717) is 6.61 Å². The van der Waals surface area contributed by atoms with Crippen LogP contribution in [0.3, 0.4) is 0 Å². The van der Waals surface area contributed by atoms with Crippen molar-refractivity contribution in [3.63, 3.8) is 0 Å². The number of halogens is 1. The maximum absolute atomic E-state index is 10.7. The molecule has 1 unspecified atom stereocenters.